The Kier molecular flexibility index (Phi) is 6.15. The van der Waals surface area contributed by atoms with Crippen LogP contribution >= 0.6 is 0 Å². The van der Waals surface area contributed by atoms with Crippen molar-refractivity contribution >= 4 is 6.03 Å². The average Bonchev–Trinajstić information content (AvgIpc) is 2.34. The molecule has 0 unspecified atom stereocenters. The zero-order valence-corrected chi connectivity index (χ0v) is 10.6. The van der Waals surface area contributed by atoms with Gasteiger partial charge in [0.1, 0.15) is 0 Å². The minimum absolute atomic E-state index is 0.328. The molecule has 0 radical (unpaired) electrons. The number of nitrogens with two attached hydrogens (primary N) is 1. The van der Waals surface area contributed by atoms with Gasteiger partial charge in [-0.3, -0.25) is 0 Å². The number of nitrogens with zero attached hydrogens (tertiary/aromatic N) is 1. The summed E-state index contributed by atoms with van der Waals surface area (Å²) < 4.78 is 0. The van der Waals surface area contributed by atoms with Crippen molar-refractivity contribution in [3.63, 3.8) is 0 Å². The maximum atomic E-state index is 11.3. The summed E-state index contributed by atoms with van der Waals surface area (Å²) in [4.78, 5) is 13.0. The van der Waals surface area contributed by atoms with Crippen molar-refractivity contribution in [1.29, 1.82) is 0 Å². The third-order valence-electron chi connectivity index (χ3n) is 2.81. The molecule has 17 heavy (non-hydrogen) atoms. The highest BCUT2D eigenvalue weighted by Crippen LogP contribution is 2.07. The molecule has 2 N–H and O–H groups in total. The van der Waals surface area contributed by atoms with Crippen molar-refractivity contribution in [3.8, 4) is 0 Å². The highest BCUT2D eigenvalue weighted by Gasteiger charge is 2.09. The van der Waals surface area contributed by atoms with Crippen LogP contribution in [0.15, 0.2) is 30.3 Å². The standard InChI is InChI=1S/C14H22N2O/c1-2-3-4-8-11-16(14(15)17)12-13-9-6-5-7-10-13/h5-7,9-10H,2-4,8,11-12H2,1H3,(H2,15,17). The number of hydrogen-bond donors (Lipinski definition) is 1. The lowest BCUT2D eigenvalue weighted by Gasteiger charge is -2.20. The van der Waals surface area contributed by atoms with E-state index in [1.54, 1.807) is 4.90 Å². The molecule has 1 rings (SSSR count). The second kappa shape index (κ2) is 7.71. The normalized spacial score (nSPS) is 10.2. The van der Waals surface area contributed by atoms with E-state index in [0.717, 1.165) is 24.9 Å². The summed E-state index contributed by atoms with van der Waals surface area (Å²) in [5.74, 6) is 0. The molecule has 1 aromatic rings. The van der Waals surface area contributed by atoms with E-state index in [0.29, 0.717) is 6.54 Å². The van der Waals surface area contributed by atoms with Crippen LogP contribution < -0.4 is 5.73 Å². The van der Waals surface area contributed by atoms with Crippen LogP contribution in [0, 0.1) is 0 Å². The summed E-state index contributed by atoms with van der Waals surface area (Å²) in [6, 6.07) is 9.63. The molecule has 0 atom stereocenters. The van der Waals surface area contributed by atoms with Gasteiger partial charge in [0.05, 0.1) is 0 Å². The fourth-order valence-corrected chi connectivity index (χ4v) is 1.80. The zero-order valence-electron chi connectivity index (χ0n) is 10.6. The van der Waals surface area contributed by atoms with Crippen LogP contribution in [-0.2, 0) is 6.54 Å². The van der Waals surface area contributed by atoms with Gasteiger partial charge in [-0.05, 0) is 12.0 Å². The molecule has 0 saturated carbocycles. The predicted molar refractivity (Wildman–Crippen MR) is 70.6 cm³/mol. The Morgan fingerprint density at radius 1 is 1.18 bits per heavy atom. The Labute approximate surface area is 104 Å². The first-order valence-corrected chi connectivity index (χ1v) is 6.32. The van der Waals surface area contributed by atoms with Crippen LogP contribution in [0.2, 0.25) is 0 Å². The Hall–Kier alpha value is -1.51. The fraction of sp³-hybridized carbons (Fsp3) is 0.500. The average molecular weight is 234 g/mol. The molecular weight excluding hydrogens is 212 g/mol. The predicted octanol–water partition coefficient (Wildman–Crippen LogP) is 3.15. The van der Waals surface area contributed by atoms with E-state index in [1.807, 2.05) is 30.3 Å². The van der Waals surface area contributed by atoms with Gasteiger partial charge < -0.3 is 10.6 Å². The molecular formula is C14H22N2O. The number of hydrogen-bond acceptors (Lipinski definition) is 1. The van der Waals surface area contributed by atoms with Crippen molar-refractivity contribution < 1.29 is 4.79 Å². The molecule has 2 amide bonds. The van der Waals surface area contributed by atoms with Gasteiger partial charge in [-0.25, -0.2) is 4.79 Å². The summed E-state index contributed by atoms with van der Waals surface area (Å²) in [6.45, 7) is 3.54. The van der Waals surface area contributed by atoms with Gasteiger partial charge in [-0.15, -0.1) is 0 Å². The lowest BCUT2D eigenvalue weighted by Crippen LogP contribution is -2.35. The second-order valence-electron chi connectivity index (χ2n) is 4.31. The summed E-state index contributed by atoms with van der Waals surface area (Å²) in [5, 5.41) is 0. The highest BCUT2D eigenvalue weighted by atomic mass is 16.2. The molecule has 0 spiro atoms. The van der Waals surface area contributed by atoms with Crippen LogP contribution in [-0.4, -0.2) is 17.5 Å². The van der Waals surface area contributed by atoms with Crippen LogP contribution in [0.4, 0.5) is 4.79 Å². The summed E-state index contributed by atoms with van der Waals surface area (Å²) in [7, 11) is 0. The molecule has 1 aromatic carbocycles. The van der Waals surface area contributed by atoms with Crippen molar-refractivity contribution in [2.45, 2.75) is 39.2 Å². The number of carbonyl (C=O) groups excluding carboxylic acids is 1. The third kappa shape index (κ3) is 5.38. The van der Waals surface area contributed by atoms with E-state index in [4.69, 9.17) is 5.73 Å². The lowest BCUT2D eigenvalue weighted by molar-refractivity contribution is 0.203. The molecule has 0 aliphatic carbocycles. The first kappa shape index (κ1) is 13.6. The maximum absolute atomic E-state index is 11.3. The topological polar surface area (TPSA) is 46.3 Å². The van der Waals surface area contributed by atoms with Gasteiger partial charge in [0.2, 0.25) is 0 Å². The number of amides is 2. The molecule has 0 aliphatic rings. The number of carbonyl (C=O) groups is 1. The number of primary amides is 1. The largest absolute Gasteiger partial charge is 0.351 e. The first-order chi connectivity index (χ1) is 8.24. The molecule has 94 valence electrons. The van der Waals surface area contributed by atoms with Gasteiger partial charge >= 0.3 is 6.03 Å². The Balaban J connectivity index is 2.41. The number of benzene rings is 1. The Morgan fingerprint density at radius 3 is 2.47 bits per heavy atom. The van der Waals surface area contributed by atoms with Gasteiger partial charge in [0.15, 0.2) is 0 Å². The van der Waals surface area contributed by atoms with Gasteiger partial charge in [-0.2, -0.15) is 0 Å². The lowest BCUT2D eigenvalue weighted by atomic mass is 10.2. The minimum Gasteiger partial charge on any atom is -0.351 e. The van der Waals surface area contributed by atoms with Gasteiger partial charge in [0, 0.05) is 13.1 Å². The Bertz CT molecular complexity index is 324. The molecule has 0 bridgehead atoms. The van der Waals surface area contributed by atoms with E-state index >= 15 is 0 Å². The van der Waals surface area contributed by atoms with E-state index in [9.17, 15) is 4.79 Å². The molecule has 0 fully saturated rings. The number of unbranched alkanes of at least 4 members (excludes halogenated alkanes) is 3. The van der Waals surface area contributed by atoms with Crippen LogP contribution in [0.5, 0.6) is 0 Å². The summed E-state index contributed by atoms with van der Waals surface area (Å²) in [5.41, 5.74) is 6.51. The fourth-order valence-electron chi connectivity index (χ4n) is 1.80. The Morgan fingerprint density at radius 2 is 1.88 bits per heavy atom. The van der Waals surface area contributed by atoms with Crippen molar-refractivity contribution in [2.75, 3.05) is 6.54 Å². The van der Waals surface area contributed by atoms with Crippen molar-refractivity contribution in [2.24, 2.45) is 5.73 Å². The SMILES string of the molecule is CCCCCCN(Cc1ccccc1)C(N)=O. The third-order valence-corrected chi connectivity index (χ3v) is 2.81. The first-order valence-electron chi connectivity index (χ1n) is 6.32. The van der Waals surface area contributed by atoms with Crippen molar-refractivity contribution in [1.82, 2.24) is 4.90 Å². The zero-order chi connectivity index (χ0) is 12.5. The molecule has 3 nitrogen and oxygen atoms in total. The summed E-state index contributed by atoms with van der Waals surface area (Å²) in [6.07, 6.45) is 4.62. The number of urea groups is 1. The second-order valence-corrected chi connectivity index (χ2v) is 4.31. The van der Waals surface area contributed by atoms with Crippen LogP contribution in [0.3, 0.4) is 0 Å². The quantitative estimate of drug-likeness (QED) is 0.724. The molecule has 0 aliphatic heterocycles. The van der Waals surface area contributed by atoms with Gasteiger partial charge in [-0.1, -0.05) is 56.5 Å². The van der Waals surface area contributed by atoms with E-state index in [2.05, 4.69) is 6.92 Å². The van der Waals surface area contributed by atoms with E-state index < -0.39 is 0 Å². The maximum Gasteiger partial charge on any atom is 0.315 e. The molecule has 0 saturated heterocycles. The molecule has 0 aromatic heterocycles. The number of rotatable bonds is 7. The van der Waals surface area contributed by atoms with Gasteiger partial charge in [0.25, 0.3) is 0 Å². The van der Waals surface area contributed by atoms with E-state index in [1.165, 1.54) is 12.8 Å². The van der Waals surface area contributed by atoms with Crippen molar-refractivity contribution in [3.05, 3.63) is 35.9 Å². The summed E-state index contributed by atoms with van der Waals surface area (Å²) >= 11 is 0. The smallest absolute Gasteiger partial charge is 0.315 e. The monoisotopic (exact) mass is 234 g/mol. The molecule has 3 heteroatoms. The van der Waals surface area contributed by atoms with Crippen LogP contribution in [0.25, 0.3) is 0 Å². The van der Waals surface area contributed by atoms with Crippen LogP contribution in [0.1, 0.15) is 38.2 Å². The minimum atomic E-state index is -0.328. The molecule has 0 heterocycles. The highest BCUT2D eigenvalue weighted by molar-refractivity contribution is 5.71. The van der Waals surface area contributed by atoms with E-state index in [-0.39, 0.29) is 6.03 Å².